The summed E-state index contributed by atoms with van der Waals surface area (Å²) in [7, 11) is -1.96. The maximum absolute atomic E-state index is 11.6. The van der Waals surface area contributed by atoms with E-state index in [9.17, 15) is 13.5 Å². The lowest BCUT2D eigenvalue weighted by atomic mass is 10.3. The van der Waals surface area contributed by atoms with Gasteiger partial charge in [-0.25, -0.2) is 8.42 Å². The highest BCUT2D eigenvalue weighted by Crippen LogP contribution is 2.32. The van der Waals surface area contributed by atoms with Gasteiger partial charge in [-0.05, 0) is 36.4 Å². The molecule has 0 aliphatic carbocycles. The minimum Gasteiger partial charge on any atom is -0.506 e. The molecule has 0 heterocycles. The summed E-state index contributed by atoms with van der Waals surface area (Å²) in [6.45, 7) is 3.26. The third-order valence-electron chi connectivity index (χ3n) is 2.84. The fourth-order valence-electron chi connectivity index (χ4n) is 1.62. The van der Waals surface area contributed by atoms with Crippen LogP contribution in [-0.4, -0.2) is 20.6 Å². The Morgan fingerprint density at radius 2 is 1.82 bits per heavy atom. The number of hydrogen-bond acceptors (Lipinski definition) is 6. The Balaban J connectivity index is 2.26. The van der Waals surface area contributed by atoms with E-state index in [-0.39, 0.29) is 16.3 Å². The second kappa shape index (κ2) is 6.40. The number of methoxy groups -OCH3 is 1. The molecule has 1 N–H and O–H groups in total. The van der Waals surface area contributed by atoms with E-state index in [1.54, 1.807) is 6.07 Å². The molecule has 22 heavy (non-hydrogen) atoms. The van der Waals surface area contributed by atoms with Crippen LogP contribution in [0.5, 0.6) is 11.5 Å². The first-order valence-corrected chi connectivity index (χ1v) is 7.77. The number of benzene rings is 2. The predicted octanol–water partition coefficient (Wildman–Crippen LogP) is 3.73. The van der Waals surface area contributed by atoms with Crippen molar-refractivity contribution in [3.63, 3.8) is 0 Å². The highest BCUT2D eigenvalue weighted by Gasteiger charge is 2.08. The third kappa shape index (κ3) is 3.50. The van der Waals surface area contributed by atoms with E-state index in [2.05, 4.69) is 16.8 Å². The van der Waals surface area contributed by atoms with Crippen molar-refractivity contribution in [1.29, 1.82) is 0 Å². The molecule has 0 atom stereocenters. The zero-order valence-corrected chi connectivity index (χ0v) is 12.6. The Morgan fingerprint density at radius 1 is 1.14 bits per heavy atom. The number of rotatable bonds is 5. The molecule has 0 saturated heterocycles. The lowest BCUT2D eigenvalue weighted by molar-refractivity contribution is 0.412. The van der Waals surface area contributed by atoms with E-state index < -0.39 is 9.84 Å². The van der Waals surface area contributed by atoms with Crippen molar-refractivity contribution in [2.45, 2.75) is 4.90 Å². The van der Waals surface area contributed by atoms with Gasteiger partial charge < -0.3 is 9.84 Å². The SMILES string of the molecule is C=CS(=O)(=O)c1ccc(N=Nc2cc(OC)ccc2O)cc1. The van der Waals surface area contributed by atoms with E-state index >= 15 is 0 Å². The van der Waals surface area contributed by atoms with Crippen molar-refractivity contribution < 1.29 is 18.3 Å². The van der Waals surface area contributed by atoms with Crippen molar-refractivity contribution in [1.82, 2.24) is 0 Å². The Kier molecular flexibility index (Phi) is 4.57. The summed E-state index contributed by atoms with van der Waals surface area (Å²) in [4.78, 5) is 0.130. The van der Waals surface area contributed by atoms with Gasteiger partial charge in [0.2, 0.25) is 0 Å². The Hall–Kier alpha value is -2.67. The van der Waals surface area contributed by atoms with Crippen molar-refractivity contribution >= 4 is 21.2 Å². The molecule has 0 amide bonds. The summed E-state index contributed by atoms with van der Waals surface area (Å²) in [5.74, 6) is 0.509. The molecule has 0 unspecified atom stereocenters. The second-order valence-corrected chi connectivity index (χ2v) is 6.15. The van der Waals surface area contributed by atoms with Crippen LogP contribution < -0.4 is 4.74 Å². The summed E-state index contributed by atoms with van der Waals surface area (Å²) < 4.78 is 28.2. The summed E-state index contributed by atoms with van der Waals surface area (Å²) >= 11 is 0. The summed E-state index contributed by atoms with van der Waals surface area (Å²) in [6, 6.07) is 10.4. The van der Waals surface area contributed by atoms with E-state index in [4.69, 9.17) is 4.74 Å². The first-order valence-electron chi connectivity index (χ1n) is 6.22. The maximum Gasteiger partial charge on any atom is 0.199 e. The molecule has 0 aromatic heterocycles. The minimum absolute atomic E-state index is 0.0320. The maximum atomic E-state index is 11.6. The minimum atomic E-state index is -3.46. The molecule has 114 valence electrons. The number of phenolic OH excluding ortho intramolecular Hbond substituents is 1. The number of hydrogen-bond donors (Lipinski definition) is 1. The Labute approximate surface area is 128 Å². The zero-order chi connectivity index (χ0) is 16.2. The number of nitrogens with zero attached hydrogens (tertiary/aromatic N) is 2. The van der Waals surface area contributed by atoms with Crippen LogP contribution in [0.3, 0.4) is 0 Å². The molecule has 2 rings (SSSR count). The van der Waals surface area contributed by atoms with Gasteiger partial charge in [-0.3, -0.25) is 0 Å². The predicted molar refractivity (Wildman–Crippen MR) is 82.7 cm³/mol. The van der Waals surface area contributed by atoms with Gasteiger partial charge in [-0.15, -0.1) is 5.11 Å². The quantitative estimate of drug-likeness (QED) is 0.851. The van der Waals surface area contributed by atoms with Crippen LogP contribution in [0.4, 0.5) is 11.4 Å². The van der Waals surface area contributed by atoms with Gasteiger partial charge in [0.1, 0.15) is 17.2 Å². The zero-order valence-electron chi connectivity index (χ0n) is 11.8. The third-order valence-corrected chi connectivity index (χ3v) is 4.21. The van der Waals surface area contributed by atoms with Crippen molar-refractivity contribution in [2.24, 2.45) is 10.2 Å². The number of sulfone groups is 1. The van der Waals surface area contributed by atoms with E-state index in [1.165, 1.54) is 43.5 Å². The van der Waals surface area contributed by atoms with Crippen molar-refractivity contribution in [3.8, 4) is 11.5 Å². The first-order chi connectivity index (χ1) is 10.5. The summed E-state index contributed by atoms with van der Waals surface area (Å²) in [5.41, 5.74) is 0.701. The van der Waals surface area contributed by atoms with Crippen LogP contribution in [0.1, 0.15) is 0 Å². The molecular weight excluding hydrogens is 304 g/mol. The van der Waals surface area contributed by atoms with Crippen LogP contribution in [0.25, 0.3) is 0 Å². The number of azo groups is 1. The van der Waals surface area contributed by atoms with Crippen LogP contribution in [0.2, 0.25) is 0 Å². The van der Waals surface area contributed by atoms with E-state index in [0.29, 0.717) is 11.4 Å². The van der Waals surface area contributed by atoms with Gasteiger partial charge in [-0.2, -0.15) is 5.11 Å². The molecule has 0 bridgehead atoms. The number of ether oxygens (including phenoxy) is 1. The average molecular weight is 318 g/mol. The lowest BCUT2D eigenvalue weighted by Crippen LogP contribution is -1.94. The Morgan fingerprint density at radius 3 is 2.41 bits per heavy atom. The largest absolute Gasteiger partial charge is 0.506 e. The molecule has 2 aromatic rings. The first kappa shape index (κ1) is 15.7. The molecule has 0 radical (unpaired) electrons. The van der Waals surface area contributed by atoms with Crippen LogP contribution in [0.15, 0.2) is 69.6 Å². The highest BCUT2D eigenvalue weighted by atomic mass is 32.2. The van der Waals surface area contributed by atoms with Gasteiger partial charge in [0, 0.05) is 11.5 Å². The molecule has 0 aliphatic heterocycles. The molecule has 2 aromatic carbocycles. The second-order valence-electron chi connectivity index (χ2n) is 4.26. The molecule has 0 spiro atoms. The van der Waals surface area contributed by atoms with Gasteiger partial charge in [0.05, 0.1) is 17.7 Å². The molecule has 0 aliphatic rings. The van der Waals surface area contributed by atoms with Crippen molar-refractivity contribution in [2.75, 3.05) is 7.11 Å². The molecular formula is C15H14N2O4S. The smallest absolute Gasteiger partial charge is 0.199 e. The topological polar surface area (TPSA) is 88.3 Å². The molecule has 6 nitrogen and oxygen atoms in total. The summed E-state index contributed by atoms with van der Waals surface area (Å²) in [5, 5.41) is 18.5. The highest BCUT2D eigenvalue weighted by molar-refractivity contribution is 7.94. The average Bonchev–Trinajstić information content (AvgIpc) is 2.54. The van der Waals surface area contributed by atoms with Gasteiger partial charge in [0.15, 0.2) is 9.84 Å². The number of phenols is 1. The van der Waals surface area contributed by atoms with Gasteiger partial charge in [0.25, 0.3) is 0 Å². The summed E-state index contributed by atoms with van der Waals surface area (Å²) in [6.07, 6.45) is 0. The van der Waals surface area contributed by atoms with Gasteiger partial charge >= 0.3 is 0 Å². The standard InChI is InChI=1S/C15H14N2O4S/c1-3-22(19,20)13-7-4-11(5-8-13)16-17-14-10-12(21-2)6-9-15(14)18/h3-10,18H,1H2,2H3. The number of aromatic hydroxyl groups is 1. The van der Waals surface area contributed by atoms with E-state index in [1.807, 2.05) is 0 Å². The van der Waals surface area contributed by atoms with E-state index in [0.717, 1.165) is 5.41 Å². The molecule has 7 heteroatoms. The van der Waals surface area contributed by atoms with Gasteiger partial charge in [-0.1, -0.05) is 6.58 Å². The van der Waals surface area contributed by atoms with Crippen LogP contribution >= 0.6 is 0 Å². The normalized spacial score (nSPS) is 11.5. The molecule has 0 saturated carbocycles. The lowest BCUT2D eigenvalue weighted by Gasteiger charge is -2.02. The van der Waals surface area contributed by atoms with Crippen LogP contribution in [0, 0.1) is 0 Å². The van der Waals surface area contributed by atoms with Crippen molar-refractivity contribution in [3.05, 3.63) is 54.5 Å². The van der Waals surface area contributed by atoms with Crippen LogP contribution in [-0.2, 0) is 9.84 Å². The Bertz CT molecular complexity index is 812. The molecule has 0 fully saturated rings. The fourth-order valence-corrected chi connectivity index (χ4v) is 2.33. The monoisotopic (exact) mass is 318 g/mol. The fraction of sp³-hybridized carbons (Fsp3) is 0.0667.